The number of nitrogens with one attached hydrogen (secondary N) is 1. The second-order valence-electron chi connectivity index (χ2n) is 6.13. The lowest BCUT2D eigenvalue weighted by Gasteiger charge is -2.13. The Bertz CT molecular complexity index is 873. The van der Waals surface area contributed by atoms with E-state index in [-0.39, 0.29) is 5.57 Å². The van der Waals surface area contributed by atoms with E-state index in [1.54, 1.807) is 6.07 Å². The first-order valence-corrected chi connectivity index (χ1v) is 9.47. The zero-order chi connectivity index (χ0) is 18.5. The zero-order valence-corrected chi connectivity index (χ0v) is 16.2. The van der Waals surface area contributed by atoms with Crippen molar-refractivity contribution < 1.29 is 9.21 Å². The van der Waals surface area contributed by atoms with Crippen LogP contribution in [0.15, 0.2) is 44.8 Å². The van der Waals surface area contributed by atoms with Crippen molar-refractivity contribution in [2.45, 2.75) is 26.2 Å². The minimum atomic E-state index is -0.441. The summed E-state index contributed by atoms with van der Waals surface area (Å²) in [5.41, 5.74) is 1.75. The molecule has 3 rings (SSSR count). The Hall–Kier alpha value is -2.52. The third-order valence-electron chi connectivity index (χ3n) is 4.38. The molecule has 26 heavy (non-hydrogen) atoms. The number of nitrogens with zero attached hydrogens (tertiary/aromatic N) is 2. The van der Waals surface area contributed by atoms with Crippen molar-refractivity contribution in [2.75, 3.05) is 23.3 Å². The summed E-state index contributed by atoms with van der Waals surface area (Å²) in [5, 5.41) is 12.2. The van der Waals surface area contributed by atoms with E-state index in [1.807, 2.05) is 37.3 Å². The molecule has 1 N–H and O–H groups in total. The van der Waals surface area contributed by atoms with Gasteiger partial charge in [-0.2, -0.15) is 5.26 Å². The molecule has 2 aromatic rings. The van der Waals surface area contributed by atoms with Crippen molar-refractivity contribution in [3.05, 3.63) is 51.7 Å². The van der Waals surface area contributed by atoms with Crippen LogP contribution in [-0.2, 0) is 11.2 Å². The molecule has 1 amide bonds. The number of para-hydroxylation sites is 1. The molecule has 1 aromatic heterocycles. The maximum absolute atomic E-state index is 12.5. The third kappa shape index (κ3) is 4.00. The Labute approximate surface area is 161 Å². The van der Waals surface area contributed by atoms with Crippen LogP contribution in [0.5, 0.6) is 0 Å². The lowest BCUT2D eigenvalue weighted by atomic mass is 10.1. The van der Waals surface area contributed by atoms with Gasteiger partial charge < -0.3 is 14.6 Å². The highest BCUT2D eigenvalue weighted by Gasteiger charge is 2.20. The van der Waals surface area contributed by atoms with Gasteiger partial charge in [-0.25, -0.2) is 0 Å². The molecule has 134 valence electrons. The summed E-state index contributed by atoms with van der Waals surface area (Å²) in [4.78, 5) is 14.7. The summed E-state index contributed by atoms with van der Waals surface area (Å²) < 4.78 is 6.68. The van der Waals surface area contributed by atoms with Crippen LogP contribution < -0.4 is 10.2 Å². The number of benzene rings is 1. The maximum Gasteiger partial charge on any atom is 0.266 e. The summed E-state index contributed by atoms with van der Waals surface area (Å²) >= 11 is 3.50. The number of nitriles is 1. The normalized spacial score (nSPS) is 14.3. The predicted molar refractivity (Wildman–Crippen MR) is 106 cm³/mol. The lowest BCUT2D eigenvalue weighted by molar-refractivity contribution is -0.112. The summed E-state index contributed by atoms with van der Waals surface area (Å²) in [6.07, 6.45) is 4.56. The second-order valence-corrected chi connectivity index (χ2v) is 6.98. The zero-order valence-electron chi connectivity index (χ0n) is 14.6. The van der Waals surface area contributed by atoms with E-state index in [0.717, 1.165) is 54.0 Å². The number of carbonyl (C=O) groups excluding carboxylic acids is 1. The van der Waals surface area contributed by atoms with E-state index in [9.17, 15) is 10.1 Å². The highest BCUT2D eigenvalue weighted by molar-refractivity contribution is 9.10. The van der Waals surface area contributed by atoms with Gasteiger partial charge in [-0.05, 0) is 46.8 Å². The fourth-order valence-electron chi connectivity index (χ4n) is 3.01. The molecule has 0 atom stereocenters. The van der Waals surface area contributed by atoms with E-state index in [0.29, 0.717) is 5.76 Å². The highest BCUT2D eigenvalue weighted by Crippen LogP contribution is 2.33. The quantitative estimate of drug-likeness (QED) is 0.566. The van der Waals surface area contributed by atoms with Crippen LogP contribution in [0.3, 0.4) is 0 Å². The van der Waals surface area contributed by atoms with Crippen LogP contribution in [0.1, 0.15) is 31.1 Å². The van der Waals surface area contributed by atoms with Gasteiger partial charge in [-0.1, -0.05) is 25.1 Å². The van der Waals surface area contributed by atoms with Crippen molar-refractivity contribution in [3.63, 3.8) is 0 Å². The number of furan rings is 1. The Morgan fingerprint density at radius 2 is 2.12 bits per heavy atom. The van der Waals surface area contributed by atoms with Gasteiger partial charge in [0.1, 0.15) is 17.4 Å². The summed E-state index contributed by atoms with van der Waals surface area (Å²) in [7, 11) is 0. The molecule has 0 aliphatic carbocycles. The summed E-state index contributed by atoms with van der Waals surface area (Å²) in [5.74, 6) is 0.792. The van der Waals surface area contributed by atoms with Gasteiger partial charge in [0.05, 0.1) is 4.47 Å². The Kier molecular flexibility index (Phi) is 5.79. The average Bonchev–Trinajstić information content (AvgIpc) is 3.29. The van der Waals surface area contributed by atoms with Crippen molar-refractivity contribution in [1.29, 1.82) is 5.26 Å². The van der Waals surface area contributed by atoms with E-state index < -0.39 is 5.91 Å². The third-order valence-corrected chi connectivity index (χ3v) is 4.95. The molecule has 0 saturated carbocycles. The van der Waals surface area contributed by atoms with E-state index in [2.05, 4.69) is 26.1 Å². The molecule has 5 nitrogen and oxygen atoms in total. The van der Waals surface area contributed by atoms with Crippen molar-refractivity contribution in [2.24, 2.45) is 0 Å². The minimum absolute atomic E-state index is 0.00475. The van der Waals surface area contributed by atoms with Gasteiger partial charge in [0.25, 0.3) is 5.91 Å². The smallest absolute Gasteiger partial charge is 0.266 e. The number of amides is 1. The van der Waals surface area contributed by atoms with Crippen LogP contribution in [0.25, 0.3) is 6.08 Å². The summed E-state index contributed by atoms with van der Waals surface area (Å²) in [6, 6.07) is 11.3. The first-order valence-electron chi connectivity index (χ1n) is 8.67. The molecule has 0 spiro atoms. The second kappa shape index (κ2) is 8.24. The molecule has 1 fully saturated rings. The summed E-state index contributed by atoms with van der Waals surface area (Å²) in [6.45, 7) is 3.93. The number of rotatable bonds is 5. The van der Waals surface area contributed by atoms with Gasteiger partial charge in [-0.3, -0.25) is 4.79 Å². The largest absolute Gasteiger partial charge is 0.440 e. The first-order chi connectivity index (χ1) is 12.6. The van der Waals surface area contributed by atoms with Crippen molar-refractivity contribution >= 4 is 39.5 Å². The van der Waals surface area contributed by atoms with Crippen LogP contribution in [0, 0.1) is 11.3 Å². The van der Waals surface area contributed by atoms with E-state index >= 15 is 0 Å². The molecule has 2 heterocycles. The number of hydrogen-bond donors (Lipinski definition) is 1. The maximum atomic E-state index is 12.5. The number of anilines is 2. The molecular weight excluding hydrogens is 394 g/mol. The number of hydrogen-bond acceptors (Lipinski definition) is 4. The van der Waals surface area contributed by atoms with E-state index in [4.69, 9.17) is 4.42 Å². The predicted octanol–water partition coefficient (Wildman–Crippen LogP) is 4.75. The van der Waals surface area contributed by atoms with Gasteiger partial charge in [0.15, 0.2) is 0 Å². The molecule has 1 aliphatic heterocycles. The molecular formula is C20H20BrN3O2. The lowest BCUT2D eigenvalue weighted by Crippen LogP contribution is -2.17. The molecule has 1 aromatic carbocycles. The van der Waals surface area contributed by atoms with Crippen LogP contribution >= 0.6 is 15.9 Å². The topological polar surface area (TPSA) is 69.3 Å². The molecule has 6 heteroatoms. The van der Waals surface area contributed by atoms with Crippen LogP contribution in [-0.4, -0.2) is 19.0 Å². The molecule has 1 aliphatic rings. The molecule has 1 saturated heterocycles. The fourth-order valence-corrected chi connectivity index (χ4v) is 3.57. The average molecular weight is 414 g/mol. The first kappa shape index (κ1) is 18.3. The number of aryl methyl sites for hydroxylation is 1. The number of carbonyl (C=O) groups is 1. The molecule has 0 radical (unpaired) electrons. The highest BCUT2D eigenvalue weighted by atomic mass is 79.9. The van der Waals surface area contributed by atoms with Gasteiger partial charge in [-0.15, -0.1) is 0 Å². The Balaban J connectivity index is 1.81. The minimum Gasteiger partial charge on any atom is -0.440 e. The van der Waals surface area contributed by atoms with Crippen LogP contribution in [0.2, 0.25) is 0 Å². The van der Waals surface area contributed by atoms with Gasteiger partial charge in [0.2, 0.25) is 5.88 Å². The number of halogens is 1. The monoisotopic (exact) mass is 413 g/mol. The molecule has 0 bridgehead atoms. The van der Waals surface area contributed by atoms with E-state index in [1.165, 1.54) is 6.08 Å². The SMILES string of the molecule is CCc1ccccc1NC(=O)/C(C#N)=C\c1cc(Br)c(N2CCCC2)o1. The van der Waals surface area contributed by atoms with Crippen molar-refractivity contribution in [1.82, 2.24) is 0 Å². The Morgan fingerprint density at radius 3 is 2.81 bits per heavy atom. The van der Waals surface area contributed by atoms with Crippen molar-refractivity contribution in [3.8, 4) is 6.07 Å². The fraction of sp³-hybridized carbons (Fsp3) is 0.300. The molecule has 0 unspecified atom stereocenters. The standard InChI is InChI=1S/C20H20BrN3O2/c1-2-14-7-3-4-8-18(14)23-19(25)15(13-22)11-16-12-17(21)20(26-16)24-9-5-6-10-24/h3-4,7-8,11-12H,2,5-6,9-10H2,1H3,(H,23,25)/b15-11-. The van der Waals surface area contributed by atoms with Crippen LogP contribution in [0.4, 0.5) is 11.6 Å². The Morgan fingerprint density at radius 1 is 1.38 bits per heavy atom. The van der Waals surface area contributed by atoms with Gasteiger partial charge >= 0.3 is 0 Å². The van der Waals surface area contributed by atoms with Gasteiger partial charge in [0, 0.05) is 30.9 Å².